The lowest BCUT2D eigenvalue weighted by molar-refractivity contribution is 1.16. The third kappa shape index (κ3) is 5.03. The number of hydrogen-bond acceptors (Lipinski definition) is 3. The van der Waals surface area contributed by atoms with Crippen LogP contribution >= 0.6 is 0 Å². The molecule has 10 rings (SSSR count). The van der Waals surface area contributed by atoms with E-state index < -0.39 is 0 Å². The van der Waals surface area contributed by atoms with Gasteiger partial charge in [-0.3, -0.25) is 0 Å². The second-order valence-electron chi connectivity index (χ2n) is 13.5. The van der Waals surface area contributed by atoms with Crippen LogP contribution in [0.3, 0.4) is 0 Å². The Balaban J connectivity index is 1.16. The van der Waals surface area contributed by atoms with Gasteiger partial charge in [0.2, 0.25) is 0 Å². The number of nitriles is 1. The fraction of sp³-hybridized carbons (Fsp3) is 0. The van der Waals surface area contributed by atoms with Crippen LogP contribution in [-0.2, 0) is 0 Å². The smallest absolute Gasteiger partial charge is 0.198 e. The Hall–Kier alpha value is -8.31. The summed E-state index contributed by atoms with van der Waals surface area (Å²) in [4.78, 5) is 17.3. The number of rotatable bonds is 5. The molecule has 0 radical (unpaired) electrons. The third-order valence-electron chi connectivity index (χ3n) is 10.4. The van der Waals surface area contributed by atoms with Crippen LogP contribution in [0.4, 0.5) is 11.4 Å². The molecule has 10 aromatic rings. The summed E-state index contributed by atoms with van der Waals surface area (Å²) in [6, 6.07) is 56.6. The predicted molar refractivity (Wildman–Crippen MR) is 224 cm³/mol. The van der Waals surface area contributed by atoms with Crippen LogP contribution in [0.5, 0.6) is 0 Å². The molecular formula is C49H27N7. The molecule has 56 heavy (non-hydrogen) atoms. The van der Waals surface area contributed by atoms with Crippen molar-refractivity contribution < 1.29 is 0 Å². The molecule has 3 aromatic heterocycles. The van der Waals surface area contributed by atoms with Crippen LogP contribution in [0.15, 0.2) is 164 Å². The average Bonchev–Trinajstić information content (AvgIpc) is 3.78. The van der Waals surface area contributed by atoms with Gasteiger partial charge in [-0.25, -0.2) is 19.7 Å². The third-order valence-corrected chi connectivity index (χ3v) is 10.4. The molecule has 7 heteroatoms. The first-order valence-corrected chi connectivity index (χ1v) is 18.0. The lowest BCUT2D eigenvalue weighted by Crippen LogP contribution is -1.99. The monoisotopic (exact) mass is 713 g/mol. The van der Waals surface area contributed by atoms with Gasteiger partial charge in [-0.1, -0.05) is 103 Å². The lowest BCUT2D eigenvalue weighted by atomic mass is 10.0. The fourth-order valence-corrected chi connectivity index (χ4v) is 7.96. The van der Waals surface area contributed by atoms with Gasteiger partial charge in [0.25, 0.3) is 0 Å². The maximum absolute atomic E-state index is 10.7. The van der Waals surface area contributed by atoms with Crippen LogP contribution in [-0.4, -0.2) is 19.1 Å². The highest BCUT2D eigenvalue weighted by molar-refractivity contribution is 6.12. The molecule has 258 valence electrons. The summed E-state index contributed by atoms with van der Waals surface area (Å²) in [7, 11) is 0. The van der Waals surface area contributed by atoms with Gasteiger partial charge in [0.1, 0.15) is 5.82 Å². The summed E-state index contributed by atoms with van der Waals surface area (Å²) >= 11 is 0. The molecule has 3 heterocycles. The first-order valence-electron chi connectivity index (χ1n) is 18.0. The van der Waals surface area contributed by atoms with Gasteiger partial charge >= 0.3 is 0 Å². The maximum Gasteiger partial charge on any atom is 0.198 e. The zero-order valence-electron chi connectivity index (χ0n) is 29.7. The van der Waals surface area contributed by atoms with E-state index >= 15 is 0 Å². The van der Waals surface area contributed by atoms with E-state index in [1.807, 2.05) is 66.7 Å². The van der Waals surface area contributed by atoms with Crippen molar-refractivity contribution in [2.24, 2.45) is 0 Å². The van der Waals surface area contributed by atoms with Crippen molar-refractivity contribution in [3.63, 3.8) is 0 Å². The van der Waals surface area contributed by atoms with Crippen LogP contribution < -0.4 is 0 Å². The summed E-state index contributed by atoms with van der Waals surface area (Å²) in [5.74, 6) is 0.346. The van der Waals surface area contributed by atoms with E-state index in [2.05, 4.69) is 110 Å². The van der Waals surface area contributed by atoms with E-state index in [1.165, 1.54) is 10.8 Å². The number of para-hydroxylation sites is 5. The van der Waals surface area contributed by atoms with Crippen LogP contribution in [0.2, 0.25) is 0 Å². The molecule has 0 saturated carbocycles. The van der Waals surface area contributed by atoms with Gasteiger partial charge in [-0.05, 0) is 60.7 Å². The van der Waals surface area contributed by atoms with Crippen molar-refractivity contribution in [1.82, 2.24) is 19.1 Å². The molecule has 0 saturated heterocycles. The molecule has 7 nitrogen and oxygen atoms in total. The van der Waals surface area contributed by atoms with Crippen molar-refractivity contribution in [3.8, 4) is 51.3 Å². The summed E-state index contributed by atoms with van der Waals surface area (Å²) in [6.07, 6.45) is 0. The Morgan fingerprint density at radius 1 is 0.446 bits per heavy atom. The van der Waals surface area contributed by atoms with E-state index in [0.717, 1.165) is 44.2 Å². The normalized spacial score (nSPS) is 11.2. The Kier molecular flexibility index (Phi) is 7.49. The van der Waals surface area contributed by atoms with Gasteiger partial charge < -0.3 is 9.13 Å². The molecule has 0 unspecified atom stereocenters. The number of nitrogens with zero attached hydrogens (tertiary/aromatic N) is 7. The number of aromatic nitrogens is 4. The molecule has 0 amide bonds. The van der Waals surface area contributed by atoms with Crippen LogP contribution in [0.25, 0.3) is 98.6 Å². The molecule has 0 bridgehead atoms. The van der Waals surface area contributed by atoms with Gasteiger partial charge in [0, 0.05) is 49.6 Å². The Bertz CT molecular complexity index is 3240. The topological polar surface area (TPSA) is 68.2 Å². The molecule has 0 aliphatic heterocycles. The highest BCUT2D eigenvalue weighted by Crippen LogP contribution is 2.39. The molecule has 0 atom stereocenters. The zero-order chi connectivity index (χ0) is 37.8. The Labute approximate surface area is 321 Å². The average molecular weight is 714 g/mol. The van der Waals surface area contributed by atoms with Crippen LogP contribution in [0.1, 0.15) is 5.56 Å². The zero-order valence-corrected chi connectivity index (χ0v) is 29.7. The first-order chi connectivity index (χ1) is 27.6. The van der Waals surface area contributed by atoms with Gasteiger partial charge in [-0.2, -0.15) is 5.26 Å². The van der Waals surface area contributed by atoms with E-state index in [-0.39, 0.29) is 0 Å². The van der Waals surface area contributed by atoms with Crippen molar-refractivity contribution >= 4 is 55.0 Å². The van der Waals surface area contributed by atoms with Gasteiger partial charge in [-0.15, -0.1) is 0 Å². The Morgan fingerprint density at radius 2 is 0.911 bits per heavy atom. The van der Waals surface area contributed by atoms with Crippen molar-refractivity contribution in [3.05, 3.63) is 192 Å². The molecule has 0 fully saturated rings. The molecule has 0 aliphatic rings. The molecule has 0 N–H and O–H groups in total. The highest BCUT2D eigenvalue weighted by atomic mass is 15.0. The van der Waals surface area contributed by atoms with Crippen molar-refractivity contribution in [1.29, 1.82) is 5.26 Å². The predicted octanol–water partition coefficient (Wildman–Crippen LogP) is 12.6. The van der Waals surface area contributed by atoms with E-state index in [4.69, 9.17) is 23.1 Å². The van der Waals surface area contributed by atoms with Crippen LogP contribution in [0, 0.1) is 24.5 Å². The minimum absolute atomic E-state index is 0.346. The maximum atomic E-state index is 10.7. The largest absolute Gasteiger partial charge is 0.309 e. The number of benzene rings is 7. The summed E-state index contributed by atoms with van der Waals surface area (Å²) in [5, 5.41) is 15.3. The van der Waals surface area contributed by atoms with Crippen molar-refractivity contribution in [2.75, 3.05) is 0 Å². The standard InChI is InChI=1S/C49H27N7/c1-51-41-18-8-3-16-38(41)44-29-43(53-49(54-44)39-17-4-9-19-42(39)52-2)34-25-23-32(27-31(34)30-50)55-47-22-12-7-15-37(47)40-28-33(24-26-48(40)55)56-45-20-10-5-13-35(45)36-14-6-11-21-46(36)56/h3-29H. The molecule has 0 aliphatic carbocycles. The lowest BCUT2D eigenvalue weighted by Gasteiger charge is -2.14. The van der Waals surface area contributed by atoms with E-state index in [0.29, 0.717) is 50.8 Å². The first kappa shape index (κ1) is 32.3. The number of hydrogen-bond donors (Lipinski definition) is 0. The molecule has 7 aromatic carbocycles. The fourth-order valence-electron chi connectivity index (χ4n) is 7.96. The molecular weight excluding hydrogens is 687 g/mol. The van der Waals surface area contributed by atoms with Crippen molar-refractivity contribution in [2.45, 2.75) is 0 Å². The second-order valence-corrected chi connectivity index (χ2v) is 13.5. The van der Waals surface area contributed by atoms with E-state index in [9.17, 15) is 5.26 Å². The summed E-state index contributed by atoms with van der Waals surface area (Å²) < 4.78 is 4.54. The minimum Gasteiger partial charge on any atom is -0.309 e. The number of fused-ring (bicyclic) bond motifs is 6. The van der Waals surface area contributed by atoms with Gasteiger partial charge in [0.15, 0.2) is 11.4 Å². The quantitative estimate of drug-likeness (QED) is 0.167. The van der Waals surface area contributed by atoms with E-state index in [1.54, 1.807) is 12.1 Å². The SMILES string of the molecule is [C-]#[N+]c1ccccc1-c1cc(-c2ccc(-n3c4ccccc4c4cc(-n5c6ccccc6c6ccccc65)ccc43)cc2C#N)nc(-c2ccccc2[N+]#[C-])n1. The highest BCUT2D eigenvalue weighted by Gasteiger charge is 2.20. The second kappa shape index (κ2) is 13.0. The minimum atomic E-state index is 0.346. The summed E-state index contributed by atoms with van der Waals surface area (Å²) in [5.41, 5.74) is 10.4. The Morgan fingerprint density at radius 3 is 1.52 bits per heavy atom. The molecule has 0 spiro atoms. The van der Waals surface area contributed by atoms with Gasteiger partial charge in [0.05, 0.1) is 58.2 Å². The summed E-state index contributed by atoms with van der Waals surface area (Å²) in [6.45, 7) is 15.6.